The number of carbonyl (C=O) groups excluding carboxylic acids is 3. The van der Waals surface area contributed by atoms with Crippen molar-refractivity contribution in [1.29, 1.82) is 0 Å². The predicted molar refractivity (Wildman–Crippen MR) is 237 cm³/mol. The summed E-state index contributed by atoms with van der Waals surface area (Å²) in [6.07, 6.45) is 0. The van der Waals surface area contributed by atoms with E-state index in [1.807, 2.05) is 0 Å². The van der Waals surface area contributed by atoms with Crippen LogP contribution in [0.5, 0.6) is 0 Å². The number of nitrogens with one attached hydrogen (secondary N) is 3. The van der Waals surface area contributed by atoms with Crippen LogP contribution in [0.1, 0.15) is 83.7 Å². The topological polar surface area (TPSA) is 316 Å². The van der Waals surface area contributed by atoms with Gasteiger partial charge in [0.25, 0.3) is 17.7 Å². The summed E-state index contributed by atoms with van der Waals surface area (Å²) in [6, 6.07) is 29.8. The first-order valence-corrected chi connectivity index (χ1v) is 19.2. The van der Waals surface area contributed by atoms with Crippen molar-refractivity contribution in [2.24, 2.45) is 0 Å². The number of carboxylic acid groups (broad SMARTS) is 3. The molecule has 64 heavy (non-hydrogen) atoms. The first-order valence-electron chi connectivity index (χ1n) is 19.2. The number of pyridine rings is 3. The second kappa shape index (κ2) is 24.3. The average Bonchev–Trinajstić information content (AvgIpc) is 3.27. The smallest absolute Gasteiger partial charge is 0.354 e. The van der Waals surface area contributed by atoms with Gasteiger partial charge in [-0.05, 0) is 127 Å². The summed E-state index contributed by atoms with van der Waals surface area (Å²) in [5, 5.41) is 35.2. The number of carbonyl (C=O) groups is 6. The third-order valence-corrected chi connectivity index (χ3v) is 8.58. The van der Waals surface area contributed by atoms with E-state index in [1.54, 1.807) is 112 Å². The summed E-state index contributed by atoms with van der Waals surface area (Å²) in [5.74, 6) is -4.76. The van der Waals surface area contributed by atoms with E-state index in [0.29, 0.717) is 53.4 Å². The van der Waals surface area contributed by atoms with Gasteiger partial charge in [0.1, 0.15) is 34.2 Å². The van der Waals surface area contributed by atoms with Crippen LogP contribution in [-0.4, -0.2) is 85.5 Å². The van der Waals surface area contributed by atoms with E-state index in [-0.39, 0.29) is 74.6 Å². The van der Waals surface area contributed by atoms with Crippen molar-refractivity contribution >= 4 is 52.7 Å². The average molecular weight is 1010 g/mol. The van der Waals surface area contributed by atoms with Gasteiger partial charge in [0.05, 0.1) is 0 Å². The van der Waals surface area contributed by atoms with Gasteiger partial charge < -0.3 is 48.5 Å². The molecule has 0 aliphatic carbocycles. The molecule has 3 heterocycles. The SMILES string of the molecule is CCNC(=O)c1cc(-c2ccc(N)cc2)cc(C(=O)O)n1.CCNC(=O)c1cc(-c2ccc(N)cc2)cc(C(=O)O)n1.CCNC(=O)c1cc(-c2ccc(N)cc2)cc(C(=O)O)n1.[Sm]. The van der Waals surface area contributed by atoms with Gasteiger partial charge >= 0.3 is 17.9 Å². The van der Waals surface area contributed by atoms with Crippen LogP contribution in [0.4, 0.5) is 17.1 Å². The number of carboxylic acids is 3. The number of rotatable bonds is 12. The molecular formula is C45H45N9O9Sm. The van der Waals surface area contributed by atoms with Crippen LogP contribution < -0.4 is 33.2 Å². The molecule has 3 amide bonds. The van der Waals surface area contributed by atoms with Gasteiger partial charge in [-0.1, -0.05) is 36.4 Å². The fourth-order valence-electron chi connectivity index (χ4n) is 5.55. The normalized spacial score (nSPS) is 9.98. The molecule has 3 aromatic heterocycles. The molecule has 0 atom stereocenters. The molecule has 0 aliphatic heterocycles. The van der Waals surface area contributed by atoms with Gasteiger partial charge in [0.15, 0.2) is 0 Å². The molecule has 0 spiro atoms. The second-order valence-electron chi connectivity index (χ2n) is 13.2. The first kappa shape index (κ1) is 51.0. The molecule has 6 aromatic rings. The van der Waals surface area contributed by atoms with Gasteiger partial charge in [-0.15, -0.1) is 0 Å². The Kier molecular flexibility index (Phi) is 19.4. The molecule has 0 unspecified atom stereocenters. The number of nitrogen functional groups attached to an aromatic ring is 3. The molecule has 0 saturated heterocycles. The molecule has 0 saturated carbocycles. The number of amides is 3. The van der Waals surface area contributed by atoms with Crippen molar-refractivity contribution in [2.75, 3.05) is 36.8 Å². The van der Waals surface area contributed by atoms with Crippen LogP contribution in [0.25, 0.3) is 33.4 Å². The zero-order valence-electron chi connectivity index (χ0n) is 34.8. The monoisotopic (exact) mass is 1010 g/mol. The minimum Gasteiger partial charge on any atom is -0.477 e. The maximum Gasteiger partial charge on any atom is 0.354 e. The summed E-state index contributed by atoms with van der Waals surface area (Å²) in [7, 11) is 0. The molecule has 18 nitrogen and oxygen atoms in total. The Labute approximate surface area is 399 Å². The van der Waals surface area contributed by atoms with E-state index in [9.17, 15) is 28.8 Å². The molecular weight excluding hydrogens is 961 g/mol. The van der Waals surface area contributed by atoms with Crippen LogP contribution in [0.2, 0.25) is 0 Å². The van der Waals surface area contributed by atoms with E-state index >= 15 is 0 Å². The maximum atomic E-state index is 11.9. The third kappa shape index (κ3) is 14.7. The third-order valence-electron chi connectivity index (χ3n) is 8.58. The Morgan fingerprint density at radius 2 is 0.594 bits per heavy atom. The number of hydrogen-bond acceptors (Lipinski definition) is 12. The summed E-state index contributed by atoms with van der Waals surface area (Å²) in [4.78, 5) is 80.7. The Morgan fingerprint density at radius 3 is 0.781 bits per heavy atom. The van der Waals surface area contributed by atoms with Crippen molar-refractivity contribution in [3.63, 3.8) is 0 Å². The number of aromatic nitrogens is 3. The van der Waals surface area contributed by atoms with E-state index in [1.165, 1.54) is 18.2 Å². The number of anilines is 3. The molecule has 12 N–H and O–H groups in total. The summed E-state index contributed by atoms with van der Waals surface area (Å²) in [6.45, 7) is 6.65. The van der Waals surface area contributed by atoms with Crippen LogP contribution in [0.3, 0.4) is 0 Å². The number of benzene rings is 3. The fourth-order valence-corrected chi connectivity index (χ4v) is 5.55. The van der Waals surface area contributed by atoms with Crippen molar-refractivity contribution in [1.82, 2.24) is 30.9 Å². The van der Waals surface area contributed by atoms with Gasteiger partial charge in [0.2, 0.25) is 0 Å². The molecule has 6 rings (SSSR count). The largest absolute Gasteiger partial charge is 0.477 e. The number of aromatic carboxylic acids is 3. The van der Waals surface area contributed by atoms with Crippen molar-refractivity contribution < 1.29 is 84.5 Å². The Morgan fingerprint density at radius 1 is 0.391 bits per heavy atom. The maximum absolute atomic E-state index is 11.9. The van der Waals surface area contributed by atoms with Crippen molar-refractivity contribution in [3.05, 3.63) is 143 Å². The Bertz CT molecular complexity index is 2340. The Balaban J connectivity index is 0.000000253. The second-order valence-corrected chi connectivity index (χ2v) is 13.2. The quantitative estimate of drug-likeness (QED) is 0.0699. The number of nitrogens with two attached hydrogens (primary N) is 3. The summed E-state index contributed by atoms with van der Waals surface area (Å²) >= 11 is 0. The van der Waals surface area contributed by atoms with Crippen LogP contribution in [-0.2, 0) is 0 Å². The molecule has 0 radical (unpaired) electrons. The van der Waals surface area contributed by atoms with E-state index in [4.69, 9.17) is 32.5 Å². The summed E-state index contributed by atoms with van der Waals surface area (Å²) in [5.41, 5.74) is 22.5. The first-order chi connectivity index (χ1) is 30.0. The van der Waals surface area contributed by atoms with Crippen LogP contribution in [0, 0.1) is 40.4 Å². The molecule has 3 aromatic carbocycles. The van der Waals surface area contributed by atoms with Crippen molar-refractivity contribution in [2.45, 2.75) is 20.8 Å². The summed E-state index contributed by atoms with van der Waals surface area (Å²) < 4.78 is 0. The van der Waals surface area contributed by atoms with Gasteiger partial charge in [-0.2, -0.15) is 0 Å². The molecule has 330 valence electrons. The zero-order chi connectivity index (χ0) is 46.2. The molecule has 0 aliphatic rings. The van der Waals surface area contributed by atoms with E-state index in [0.717, 1.165) is 16.7 Å². The molecule has 0 fully saturated rings. The minimum atomic E-state index is -1.18. The van der Waals surface area contributed by atoms with Crippen molar-refractivity contribution in [3.8, 4) is 33.4 Å². The number of nitrogens with zero attached hydrogens (tertiary/aromatic N) is 3. The molecule has 0 bridgehead atoms. The standard InChI is InChI=1S/3C15H15N3O3.Sm/c3*1-2-17-14(19)12-7-10(8-13(18-12)15(20)21)9-3-5-11(16)6-4-9;/h3*3-8H,2,16H2,1H3,(H,17,19)(H,20,21);. The minimum absolute atomic E-state index is 0. The van der Waals surface area contributed by atoms with Gasteiger partial charge in [-0.3, -0.25) is 14.4 Å². The van der Waals surface area contributed by atoms with Crippen LogP contribution in [0.15, 0.2) is 109 Å². The Hall–Kier alpha value is -7.33. The fraction of sp³-hybridized carbons (Fsp3) is 0.133. The number of hydrogen-bond donors (Lipinski definition) is 9. The zero-order valence-corrected chi connectivity index (χ0v) is 37.4. The van der Waals surface area contributed by atoms with E-state index in [2.05, 4.69) is 30.9 Å². The predicted octanol–water partition coefficient (Wildman–Crippen LogP) is 5.34. The van der Waals surface area contributed by atoms with Gasteiger partial charge in [0, 0.05) is 77.1 Å². The van der Waals surface area contributed by atoms with E-state index < -0.39 is 35.6 Å². The van der Waals surface area contributed by atoms with Crippen LogP contribution >= 0.6 is 0 Å². The van der Waals surface area contributed by atoms with Gasteiger partial charge in [-0.25, -0.2) is 29.3 Å². The molecule has 19 heteroatoms.